The van der Waals surface area contributed by atoms with E-state index in [9.17, 15) is 18.0 Å². The molecule has 1 aliphatic carbocycles. The lowest BCUT2D eigenvalue weighted by molar-refractivity contribution is -0.199. The number of halogens is 4. The Bertz CT molecular complexity index is 855. The third-order valence-electron chi connectivity index (χ3n) is 4.55. The van der Waals surface area contributed by atoms with Crippen molar-refractivity contribution in [3.05, 3.63) is 46.1 Å². The van der Waals surface area contributed by atoms with Crippen LogP contribution < -0.4 is 4.84 Å². The van der Waals surface area contributed by atoms with E-state index >= 15 is 0 Å². The standard InChI is InChI=1S/C17H13BrF3NO3/c18-11-6-10-8-16(3-4-16)24-9-13(10)12(7-11)14-2-1-5-22(14)25-15(23)17(19,20)21/h1-2,5-7H,3-4,8-9H2. The van der Waals surface area contributed by atoms with Gasteiger partial charge in [0.15, 0.2) is 0 Å². The van der Waals surface area contributed by atoms with Crippen molar-refractivity contribution < 1.29 is 27.5 Å². The Morgan fingerprint density at radius 1 is 1.32 bits per heavy atom. The Morgan fingerprint density at radius 2 is 2.08 bits per heavy atom. The topological polar surface area (TPSA) is 40.5 Å². The van der Waals surface area contributed by atoms with Crippen molar-refractivity contribution in [1.82, 2.24) is 4.73 Å². The largest absolute Gasteiger partial charge is 0.493 e. The molecule has 4 nitrogen and oxygen atoms in total. The van der Waals surface area contributed by atoms with Crippen LogP contribution in [0.4, 0.5) is 13.2 Å². The van der Waals surface area contributed by atoms with Crippen LogP contribution in [0.2, 0.25) is 0 Å². The van der Waals surface area contributed by atoms with Crippen LogP contribution in [-0.2, 0) is 22.6 Å². The van der Waals surface area contributed by atoms with Crippen LogP contribution in [0.15, 0.2) is 34.9 Å². The SMILES string of the molecule is O=C(On1cccc1-c1cc(Br)cc2c1COC1(CC1)C2)C(F)(F)F. The number of nitrogens with zero attached hydrogens (tertiary/aromatic N) is 1. The molecule has 1 aromatic carbocycles. The van der Waals surface area contributed by atoms with Gasteiger partial charge in [0.2, 0.25) is 0 Å². The van der Waals surface area contributed by atoms with Crippen molar-refractivity contribution in [2.24, 2.45) is 0 Å². The summed E-state index contributed by atoms with van der Waals surface area (Å²) in [6.45, 7) is 0.385. The second kappa shape index (κ2) is 5.60. The highest BCUT2D eigenvalue weighted by molar-refractivity contribution is 9.10. The number of carbonyl (C=O) groups excluding carboxylic acids is 1. The van der Waals surface area contributed by atoms with Crippen LogP contribution in [-0.4, -0.2) is 22.5 Å². The molecule has 1 aliphatic heterocycles. The molecule has 0 saturated heterocycles. The van der Waals surface area contributed by atoms with Gasteiger partial charge in [-0.25, -0.2) is 4.79 Å². The fourth-order valence-corrected chi connectivity index (χ4v) is 3.63. The van der Waals surface area contributed by atoms with E-state index in [1.54, 1.807) is 12.1 Å². The van der Waals surface area contributed by atoms with Gasteiger partial charge in [-0.15, -0.1) is 0 Å². The molecule has 8 heteroatoms. The average Bonchev–Trinajstić information content (AvgIpc) is 3.10. The van der Waals surface area contributed by atoms with Crippen LogP contribution in [0.1, 0.15) is 24.0 Å². The van der Waals surface area contributed by atoms with Crippen LogP contribution in [0.5, 0.6) is 0 Å². The summed E-state index contributed by atoms with van der Waals surface area (Å²) in [4.78, 5) is 15.6. The molecule has 0 bridgehead atoms. The van der Waals surface area contributed by atoms with Crippen LogP contribution >= 0.6 is 15.9 Å². The maximum Gasteiger partial charge on any atom is 0.493 e. The van der Waals surface area contributed by atoms with E-state index in [1.165, 1.54) is 12.3 Å². The fraction of sp³-hybridized carbons (Fsp3) is 0.353. The van der Waals surface area contributed by atoms with Crippen molar-refractivity contribution >= 4 is 21.9 Å². The molecule has 132 valence electrons. The lowest BCUT2D eigenvalue weighted by Gasteiger charge is -2.27. The van der Waals surface area contributed by atoms with Crippen LogP contribution in [0.25, 0.3) is 11.3 Å². The van der Waals surface area contributed by atoms with Gasteiger partial charge >= 0.3 is 12.1 Å². The molecule has 0 atom stereocenters. The molecule has 0 unspecified atom stereocenters. The Morgan fingerprint density at radius 3 is 2.76 bits per heavy atom. The smallest absolute Gasteiger partial charge is 0.370 e. The molecule has 2 heterocycles. The van der Waals surface area contributed by atoms with Gasteiger partial charge in [-0.1, -0.05) is 15.9 Å². The van der Waals surface area contributed by atoms with Gasteiger partial charge < -0.3 is 9.57 Å². The Kier molecular flexibility index (Phi) is 3.73. The number of hydrogen-bond donors (Lipinski definition) is 0. The quantitative estimate of drug-likeness (QED) is 0.742. The summed E-state index contributed by atoms with van der Waals surface area (Å²) >= 11 is 3.45. The average molecular weight is 416 g/mol. The number of fused-ring (bicyclic) bond motifs is 1. The molecule has 0 N–H and O–H groups in total. The second-order valence-electron chi connectivity index (χ2n) is 6.34. The number of alkyl halides is 3. The number of ether oxygens (including phenoxy) is 1. The lowest BCUT2D eigenvalue weighted by atomic mass is 9.92. The van der Waals surface area contributed by atoms with E-state index in [0.717, 1.165) is 39.6 Å². The van der Waals surface area contributed by atoms with Crippen molar-refractivity contribution in [2.45, 2.75) is 37.6 Å². The molecular weight excluding hydrogens is 403 g/mol. The summed E-state index contributed by atoms with van der Waals surface area (Å²) < 4.78 is 45.1. The Balaban J connectivity index is 1.73. The Hall–Kier alpha value is -1.80. The first-order valence-corrected chi connectivity index (χ1v) is 8.49. The molecule has 1 spiro atoms. The summed E-state index contributed by atoms with van der Waals surface area (Å²) in [5.74, 6) is -2.26. The van der Waals surface area contributed by atoms with Crippen LogP contribution in [0.3, 0.4) is 0 Å². The van der Waals surface area contributed by atoms with Crippen molar-refractivity contribution in [2.75, 3.05) is 0 Å². The number of aromatic nitrogens is 1. The summed E-state index contributed by atoms with van der Waals surface area (Å²) in [7, 11) is 0. The predicted octanol–water partition coefficient (Wildman–Crippen LogP) is 4.04. The zero-order valence-corrected chi connectivity index (χ0v) is 14.5. The van der Waals surface area contributed by atoms with Gasteiger partial charge in [0, 0.05) is 22.7 Å². The minimum atomic E-state index is -5.06. The molecule has 25 heavy (non-hydrogen) atoms. The summed E-state index contributed by atoms with van der Waals surface area (Å²) in [5.41, 5.74) is 2.98. The van der Waals surface area contributed by atoms with Crippen LogP contribution in [0, 0.1) is 0 Å². The van der Waals surface area contributed by atoms with Gasteiger partial charge in [0.05, 0.1) is 17.9 Å². The zero-order chi connectivity index (χ0) is 17.8. The molecule has 2 aromatic rings. The minimum Gasteiger partial charge on any atom is -0.370 e. The van der Waals surface area contributed by atoms with Crippen molar-refractivity contribution in [3.8, 4) is 11.3 Å². The van der Waals surface area contributed by atoms with E-state index in [0.29, 0.717) is 17.9 Å². The normalized spacial score (nSPS) is 18.1. The molecule has 0 radical (unpaired) electrons. The minimum absolute atomic E-state index is 0.0736. The molecule has 1 aromatic heterocycles. The molecule has 1 fully saturated rings. The number of benzene rings is 1. The molecule has 0 amide bonds. The third-order valence-corrected chi connectivity index (χ3v) is 5.01. The van der Waals surface area contributed by atoms with Gasteiger partial charge in [-0.2, -0.15) is 17.9 Å². The molecular formula is C17H13BrF3NO3. The molecule has 1 saturated carbocycles. The van der Waals surface area contributed by atoms with Crippen molar-refractivity contribution in [3.63, 3.8) is 0 Å². The highest BCUT2D eigenvalue weighted by Crippen LogP contribution is 2.48. The molecule has 4 rings (SSSR count). The predicted molar refractivity (Wildman–Crippen MR) is 85.7 cm³/mol. The zero-order valence-electron chi connectivity index (χ0n) is 12.9. The first-order valence-electron chi connectivity index (χ1n) is 7.70. The second-order valence-corrected chi connectivity index (χ2v) is 7.25. The Labute approximate surface area is 149 Å². The third kappa shape index (κ3) is 3.08. The summed E-state index contributed by atoms with van der Waals surface area (Å²) in [6, 6.07) is 6.93. The number of hydrogen-bond acceptors (Lipinski definition) is 3. The first-order chi connectivity index (χ1) is 11.8. The van der Waals surface area contributed by atoms with Gasteiger partial charge in [0.1, 0.15) is 0 Å². The van der Waals surface area contributed by atoms with Gasteiger partial charge in [0.25, 0.3) is 0 Å². The van der Waals surface area contributed by atoms with E-state index in [4.69, 9.17) is 4.74 Å². The highest BCUT2D eigenvalue weighted by Gasteiger charge is 2.47. The lowest BCUT2D eigenvalue weighted by Crippen LogP contribution is -2.33. The molecule has 2 aliphatic rings. The first kappa shape index (κ1) is 16.7. The van der Waals surface area contributed by atoms with E-state index in [1.807, 2.05) is 6.07 Å². The monoisotopic (exact) mass is 415 g/mol. The van der Waals surface area contributed by atoms with E-state index in [2.05, 4.69) is 20.8 Å². The van der Waals surface area contributed by atoms with Gasteiger partial charge in [-0.3, -0.25) is 0 Å². The maximum atomic E-state index is 12.5. The van der Waals surface area contributed by atoms with Crippen molar-refractivity contribution in [1.29, 1.82) is 0 Å². The number of carbonyl (C=O) groups is 1. The highest BCUT2D eigenvalue weighted by atomic mass is 79.9. The van der Waals surface area contributed by atoms with E-state index in [-0.39, 0.29) is 5.60 Å². The summed E-state index contributed by atoms with van der Waals surface area (Å²) in [6.07, 6.45) is -0.961. The van der Waals surface area contributed by atoms with E-state index < -0.39 is 12.1 Å². The fourth-order valence-electron chi connectivity index (χ4n) is 3.13. The number of rotatable bonds is 2. The summed E-state index contributed by atoms with van der Waals surface area (Å²) in [5, 5.41) is 0. The van der Waals surface area contributed by atoms with Gasteiger partial charge in [-0.05, 0) is 48.2 Å². The maximum absolute atomic E-state index is 12.5.